The molecule has 5 nitrogen and oxygen atoms in total. The number of nitrogens with two attached hydrogens (primary N) is 1. The van der Waals surface area contributed by atoms with Crippen LogP contribution >= 0.6 is 0 Å². The molecule has 0 saturated heterocycles. The first-order chi connectivity index (χ1) is 7.24. The number of nitrogens with zero attached hydrogens (tertiary/aromatic N) is 1. The van der Waals surface area contributed by atoms with Crippen molar-refractivity contribution >= 4 is 0 Å². The first kappa shape index (κ1) is 10.2. The fourth-order valence-electron chi connectivity index (χ4n) is 1.87. The van der Waals surface area contributed by atoms with E-state index >= 15 is 0 Å². The lowest BCUT2D eigenvalue weighted by molar-refractivity contribution is 0.138. The largest absolute Gasteiger partial charge is 0.474 e. The summed E-state index contributed by atoms with van der Waals surface area (Å²) >= 11 is 0. The van der Waals surface area contributed by atoms with Crippen LogP contribution in [0.2, 0.25) is 0 Å². The van der Waals surface area contributed by atoms with Crippen LogP contribution < -0.4 is 16.0 Å². The van der Waals surface area contributed by atoms with Crippen molar-refractivity contribution in [1.29, 1.82) is 0 Å². The first-order valence-corrected chi connectivity index (χ1v) is 5.21. The van der Waals surface area contributed by atoms with Crippen LogP contribution in [0.3, 0.4) is 0 Å². The Morgan fingerprint density at radius 2 is 2.40 bits per heavy atom. The maximum absolute atomic E-state index is 11.0. The van der Waals surface area contributed by atoms with Crippen molar-refractivity contribution in [3.05, 3.63) is 22.7 Å². The highest BCUT2D eigenvalue weighted by Crippen LogP contribution is 2.20. The van der Waals surface area contributed by atoms with E-state index < -0.39 is 0 Å². The van der Waals surface area contributed by atoms with E-state index in [2.05, 4.69) is 9.97 Å². The van der Waals surface area contributed by atoms with Crippen molar-refractivity contribution in [3.63, 3.8) is 0 Å². The molecule has 0 bridgehead atoms. The molecule has 2 rings (SSSR count). The summed E-state index contributed by atoms with van der Waals surface area (Å²) in [6, 6.07) is 1.57. The molecule has 1 aromatic rings. The minimum absolute atomic E-state index is 0.100. The van der Waals surface area contributed by atoms with E-state index in [1.54, 1.807) is 0 Å². The molecule has 5 heteroatoms. The normalized spacial score (nSPS) is 26.2. The molecular weight excluding hydrogens is 194 g/mol. The van der Waals surface area contributed by atoms with Gasteiger partial charge in [0, 0.05) is 6.04 Å². The quantitative estimate of drug-likeness (QED) is 0.739. The van der Waals surface area contributed by atoms with Gasteiger partial charge in [-0.05, 0) is 25.7 Å². The number of ether oxygens (including phenoxy) is 1. The molecule has 1 fully saturated rings. The summed E-state index contributed by atoms with van der Waals surface area (Å²) in [4.78, 5) is 17.4. The van der Waals surface area contributed by atoms with Crippen LogP contribution in [0.1, 0.15) is 25.7 Å². The lowest BCUT2D eigenvalue weighted by atomic mass is 9.94. The van der Waals surface area contributed by atoms with E-state index in [4.69, 9.17) is 10.5 Å². The van der Waals surface area contributed by atoms with E-state index in [0.717, 1.165) is 25.7 Å². The minimum atomic E-state index is -0.194. The van der Waals surface area contributed by atoms with Crippen LogP contribution in [0.15, 0.2) is 17.2 Å². The predicted octanol–water partition coefficient (Wildman–Crippen LogP) is 0.419. The summed E-state index contributed by atoms with van der Waals surface area (Å²) < 4.78 is 5.60. The monoisotopic (exact) mass is 209 g/mol. The fourth-order valence-corrected chi connectivity index (χ4v) is 1.87. The van der Waals surface area contributed by atoms with Crippen molar-refractivity contribution in [3.8, 4) is 5.88 Å². The molecule has 0 aromatic carbocycles. The molecule has 2 atom stereocenters. The Balaban J connectivity index is 1.99. The Bertz CT molecular complexity index is 377. The molecule has 82 valence electrons. The van der Waals surface area contributed by atoms with Gasteiger partial charge in [0.25, 0.3) is 5.56 Å². The molecule has 1 aromatic heterocycles. The molecule has 1 aliphatic carbocycles. The van der Waals surface area contributed by atoms with Crippen molar-refractivity contribution in [2.75, 3.05) is 0 Å². The maximum atomic E-state index is 11.0. The third-order valence-corrected chi connectivity index (χ3v) is 2.61. The number of H-pyrrole nitrogens is 1. The standard InChI is InChI=1S/C10H15N3O2/c11-7-2-1-3-8(4-7)15-10-5-9(14)12-6-13-10/h5-8H,1-4,11H2,(H,12,13,14). The van der Waals surface area contributed by atoms with Crippen LogP contribution in [-0.2, 0) is 0 Å². The molecule has 0 amide bonds. The third kappa shape index (κ3) is 2.79. The zero-order valence-electron chi connectivity index (χ0n) is 8.48. The Morgan fingerprint density at radius 3 is 3.13 bits per heavy atom. The number of rotatable bonds is 2. The van der Waals surface area contributed by atoms with Crippen molar-refractivity contribution in [2.24, 2.45) is 5.73 Å². The van der Waals surface area contributed by atoms with E-state index in [1.807, 2.05) is 0 Å². The van der Waals surface area contributed by atoms with Gasteiger partial charge in [-0.25, -0.2) is 4.98 Å². The van der Waals surface area contributed by atoms with E-state index in [0.29, 0.717) is 5.88 Å². The Kier molecular flexibility index (Phi) is 3.01. The minimum Gasteiger partial charge on any atom is -0.474 e. The summed E-state index contributed by atoms with van der Waals surface area (Å²) in [5.41, 5.74) is 5.65. The SMILES string of the molecule is NC1CCCC(Oc2cc(=O)[nH]cn2)C1. The van der Waals surface area contributed by atoms with Crippen molar-refractivity contribution in [1.82, 2.24) is 9.97 Å². The van der Waals surface area contributed by atoms with Gasteiger partial charge in [-0.1, -0.05) is 0 Å². The zero-order valence-corrected chi connectivity index (χ0v) is 8.48. The van der Waals surface area contributed by atoms with Gasteiger partial charge in [0.2, 0.25) is 5.88 Å². The Hall–Kier alpha value is -1.36. The van der Waals surface area contributed by atoms with Crippen LogP contribution in [0, 0.1) is 0 Å². The van der Waals surface area contributed by atoms with Gasteiger partial charge in [-0.2, -0.15) is 0 Å². The summed E-state index contributed by atoms with van der Waals surface area (Å²) in [6.07, 6.45) is 5.41. The number of hydrogen-bond acceptors (Lipinski definition) is 4. The van der Waals surface area contributed by atoms with E-state index in [-0.39, 0.29) is 17.7 Å². The molecule has 3 N–H and O–H groups in total. The summed E-state index contributed by atoms with van der Waals surface area (Å²) in [6.45, 7) is 0. The number of nitrogens with one attached hydrogen (secondary N) is 1. The average molecular weight is 209 g/mol. The van der Waals surface area contributed by atoms with Crippen LogP contribution in [-0.4, -0.2) is 22.1 Å². The number of aromatic amines is 1. The molecule has 1 aliphatic rings. The van der Waals surface area contributed by atoms with Crippen molar-refractivity contribution in [2.45, 2.75) is 37.8 Å². The molecular formula is C10H15N3O2. The summed E-state index contributed by atoms with van der Waals surface area (Å²) in [5.74, 6) is 0.387. The second-order valence-electron chi connectivity index (χ2n) is 3.92. The first-order valence-electron chi connectivity index (χ1n) is 5.21. The second kappa shape index (κ2) is 4.44. The van der Waals surface area contributed by atoms with Gasteiger partial charge in [0.15, 0.2) is 0 Å². The Morgan fingerprint density at radius 1 is 1.53 bits per heavy atom. The molecule has 2 unspecified atom stereocenters. The topological polar surface area (TPSA) is 81.0 Å². The van der Waals surface area contributed by atoms with Crippen LogP contribution in [0.4, 0.5) is 0 Å². The second-order valence-corrected chi connectivity index (χ2v) is 3.92. The lowest BCUT2D eigenvalue weighted by Gasteiger charge is -2.26. The van der Waals surface area contributed by atoms with Gasteiger partial charge >= 0.3 is 0 Å². The highest BCUT2D eigenvalue weighted by Gasteiger charge is 2.20. The third-order valence-electron chi connectivity index (χ3n) is 2.61. The van der Waals surface area contributed by atoms with Crippen LogP contribution in [0.25, 0.3) is 0 Å². The molecule has 0 radical (unpaired) electrons. The van der Waals surface area contributed by atoms with E-state index in [9.17, 15) is 4.79 Å². The molecule has 1 heterocycles. The molecule has 0 aliphatic heterocycles. The van der Waals surface area contributed by atoms with Gasteiger partial charge in [0.1, 0.15) is 6.10 Å². The summed E-state index contributed by atoms with van der Waals surface area (Å²) in [7, 11) is 0. The maximum Gasteiger partial charge on any atom is 0.254 e. The fraction of sp³-hybridized carbons (Fsp3) is 0.600. The smallest absolute Gasteiger partial charge is 0.254 e. The lowest BCUT2D eigenvalue weighted by Crippen LogP contribution is -2.34. The van der Waals surface area contributed by atoms with E-state index in [1.165, 1.54) is 12.4 Å². The van der Waals surface area contributed by atoms with Crippen molar-refractivity contribution < 1.29 is 4.74 Å². The molecule has 15 heavy (non-hydrogen) atoms. The van der Waals surface area contributed by atoms with Gasteiger partial charge < -0.3 is 15.5 Å². The molecule has 1 saturated carbocycles. The summed E-state index contributed by atoms with van der Waals surface area (Å²) in [5, 5.41) is 0. The zero-order chi connectivity index (χ0) is 10.7. The highest BCUT2D eigenvalue weighted by molar-refractivity contribution is 5.05. The number of hydrogen-bond donors (Lipinski definition) is 2. The predicted molar refractivity (Wildman–Crippen MR) is 55.7 cm³/mol. The van der Waals surface area contributed by atoms with Gasteiger partial charge in [-0.3, -0.25) is 4.79 Å². The highest BCUT2D eigenvalue weighted by atomic mass is 16.5. The Labute approximate surface area is 87.7 Å². The van der Waals surface area contributed by atoms with Gasteiger partial charge in [-0.15, -0.1) is 0 Å². The number of aromatic nitrogens is 2. The van der Waals surface area contributed by atoms with Gasteiger partial charge in [0.05, 0.1) is 12.4 Å². The molecule has 0 spiro atoms. The average Bonchev–Trinajstić information content (AvgIpc) is 2.17. The van der Waals surface area contributed by atoms with Crippen LogP contribution in [0.5, 0.6) is 5.88 Å².